The van der Waals surface area contributed by atoms with Gasteiger partial charge in [0.15, 0.2) is 11.5 Å². The summed E-state index contributed by atoms with van der Waals surface area (Å²) in [6.45, 7) is 0. The van der Waals surface area contributed by atoms with Crippen LogP contribution in [0, 0.1) is 0 Å². The second-order valence-corrected chi connectivity index (χ2v) is 5.38. The number of para-hydroxylation sites is 2. The Hall–Kier alpha value is -2.49. The van der Waals surface area contributed by atoms with E-state index in [0.29, 0.717) is 6.42 Å². The van der Waals surface area contributed by atoms with Crippen molar-refractivity contribution < 1.29 is 14.3 Å². The number of amides is 1. The Balaban J connectivity index is 1.67. The molecule has 1 aliphatic heterocycles. The maximum Gasteiger partial charge on any atom is 0.230 e. The molecule has 0 spiro atoms. The highest BCUT2D eigenvalue weighted by Gasteiger charge is 2.28. The summed E-state index contributed by atoms with van der Waals surface area (Å²) >= 11 is 0. The number of hydrogen-bond donors (Lipinski definition) is 0. The lowest BCUT2D eigenvalue weighted by molar-refractivity contribution is -0.119. The highest BCUT2D eigenvalue weighted by atomic mass is 16.5. The number of fused-ring (bicyclic) bond motifs is 1. The van der Waals surface area contributed by atoms with Crippen molar-refractivity contribution in [3.63, 3.8) is 0 Å². The van der Waals surface area contributed by atoms with Crippen molar-refractivity contribution in [1.29, 1.82) is 0 Å². The van der Waals surface area contributed by atoms with E-state index >= 15 is 0 Å². The van der Waals surface area contributed by atoms with Crippen molar-refractivity contribution in [3.8, 4) is 11.5 Å². The van der Waals surface area contributed by atoms with Crippen LogP contribution in [0.4, 0.5) is 5.69 Å². The maximum absolute atomic E-state index is 12.4. The van der Waals surface area contributed by atoms with E-state index in [-0.39, 0.29) is 12.0 Å². The smallest absolute Gasteiger partial charge is 0.230 e. The molecule has 0 saturated carbocycles. The van der Waals surface area contributed by atoms with E-state index in [0.717, 1.165) is 29.2 Å². The number of rotatable bonds is 4. The van der Waals surface area contributed by atoms with Gasteiger partial charge in [0.1, 0.15) is 6.10 Å². The quantitative estimate of drug-likeness (QED) is 0.870. The highest BCUT2D eigenvalue weighted by molar-refractivity contribution is 5.93. The summed E-state index contributed by atoms with van der Waals surface area (Å²) in [5, 5.41) is 0. The van der Waals surface area contributed by atoms with Gasteiger partial charge in [0.05, 0.1) is 13.5 Å². The minimum atomic E-state index is -0.134. The van der Waals surface area contributed by atoms with Crippen LogP contribution in [0.25, 0.3) is 0 Å². The van der Waals surface area contributed by atoms with Crippen LogP contribution in [0.3, 0.4) is 0 Å². The molecule has 1 atom stereocenters. The van der Waals surface area contributed by atoms with Crippen LogP contribution in [0.1, 0.15) is 12.0 Å². The topological polar surface area (TPSA) is 38.8 Å². The summed E-state index contributed by atoms with van der Waals surface area (Å²) in [5.41, 5.74) is 1.99. The van der Waals surface area contributed by atoms with Crippen LogP contribution in [0.5, 0.6) is 11.5 Å². The normalized spacial score (nSPS) is 15.8. The molecule has 2 aromatic carbocycles. The van der Waals surface area contributed by atoms with Crippen LogP contribution in [0.15, 0.2) is 48.5 Å². The molecule has 0 aromatic heterocycles. The molecule has 0 N–H and O–H groups in total. The van der Waals surface area contributed by atoms with E-state index in [1.165, 1.54) is 0 Å². The standard InChI is InChI=1S/C18H19NO3/c1-19(14-8-4-3-5-9-14)17(20)12-15-11-13-7-6-10-16(21-2)18(13)22-15/h3-10,15H,11-12H2,1-2H3/t15-/m1/s1. The van der Waals surface area contributed by atoms with E-state index in [1.54, 1.807) is 19.1 Å². The zero-order valence-electron chi connectivity index (χ0n) is 12.8. The third-order valence-corrected chi connectivity index (χ3v) is 3.93. The van der Waals surface area contributed by atoms with Gasteiger partial charge < -0.3 is 14.4 Å². The Kier molecular flexibility index (Phi) is 4.00. The molecule has 1 amide bonds. The summed E-state index contributed by atoms with van der Waals surface area (Å²) in [5.74, 6) is 1.54. The van der Waals surface area contributed by atoms with Crippen LogP contribution in [0.2, 0.25) is 0 Å². The summed E-state index contributed by atoms with van der Waals surface area (Å²) in [7, 11) is 3.42. The highest BCUT2D eigenvalue weighted by Crippen LogP contribution is 2.38. The van der Waals surface area contributed by atoms with Gasteiger partial charge in [-0.05, 0) is 18.2 Å². The summed E-state index contributed by atoms with van der Waals surface area (Å²) in [6, 6.07) is 15.5. The van der Waals surface area contributed by atoms with Gasteiger partial charge in [0.25, 0.3) is 0 Å². The second kappa shape index (κ2) is 6.10. The fourth-order valence-electron chi connectivity index (χ4n) is 2.71. The largest absolute Gasteiger partial charge is 0.493 e. The fraction of sp³-hybridized carbons (Fsp3) is 0.278. The van der Waals surface area contributed by atoms with Crippen LogP contribution in [-0.4, -0.2) is 26.2 Å². The maximum atomic E-state index is 12.4. The Morgan fingerprint density at radius 1 is 1.23 bits per heavy atom. The fourth-order valence-corrected chi connectivity index (χ4v) is 2.71. The first-order valence-electron chi connectivity index (χ1n) is 7.33. The van der Waals surface area contributed by atoms with Crippen molar-refractivity contribution in [2.75, 3.05) is 19.1 Å². The third-order valence-electron chi connectivity index (χ3n) is 3.93. The lowest BCUT2D eigenvalue weighted by Gasteiger charge is -2.19. The Morgan fingerprint density at radius 2 is 2.00 bits per heavy atom. The molecule has 22 heavy (non-hydrogen) atoms. The zero-order valence-corrected chi connectivity index (χ0v) is 12.8. The molecule has 0 aliphatic carbocycles. The molecule has 1 aliphatic rings. The first-order chi connectivity index (χ1) is 10.7. The number of hydrogen-bond acceptors (Lipinski definition) is 3. The Bertz CT molecular complexity index is 669. The molecule has 3 rings (SSSR count). The predicted molar refractivity (Wildman–Crippen MR) is 85.6 cm³/mol. The van der Waals surface area contributed by atoms with Gasteiger partial charge in [-0.2, -0.15) is 0 Å². The van der Waals surface area contributed by atoms with Gasteiger partial charge in [-0.15, -0.1) is 0 Å². The molecule has 0 saturated heterocycles. The number of benzene rings is 2. The minimum Gasteiger partial charge on any atom is -0.493 e. The van der Waals surface area contributed by atoms with Crippen molar-refractivity contribution >= 4 is 11.6 Å². The number of anilines is 1. The molecule has 0 fully saturated rings. The lowest BCUT2D eigenvalue weighted by Crippen LogP contribution is -2.31. The van der Waals surface area contributed by atoms with E-state index in [4.69, 9.17) is 9.47 Å². The number of methoxy groups -OCH3 is 1. The second-order valence-electron chi connectivity index (χ2n) is 5.38. The van der Waals surface area contributed by atoms with Crippen molar-refractivity contribution in [3.05, 3.63) is 54.1 Å². The number of carbonyl (C=O) groups excluding carboxylic acids is 1. The number of nitrogens with zero attached hydrogens (tertiary/aromatic N) is 1. The molecular weight excluding hydrogens is 278 g/mol. The van der Waals surface area contributed by atoms with Crippen molar-refractivity contribution in [2.24, 2.45) is 0 Å². The molecule has 114 valence electrons. The molecule has 0 unspecified atom stereocenters. The molecule has 4 heteroatoms. The summed E-state index contributed by atoms with van der Waals surface area (Å²) in [6.07, 6.45) is 0.953. The van der Waals surface area contributed by atoms with Gasteiger partial charge in [-0.25, -0.2) is 0 Å². The third kappa shape index (κ3) is 2.77. The van der Waals surface area contributed by atoms with Gasteiger partial charge >= 0.3 is 0 Å². The predicted octanol–water partition coefficient (Wildman–Crippen LogP) is 3.05. The van der Waals surface area contributed by atoms with Crippen LogP contribution >= 0.6 is 0 Å². The first kappa shape index (κ1) is 14.4. The first-order valence-corrected chi connectivity index (χ1v) is 7.33. The Labute approximate surface area is 130 Å². The van der Waals surface area contributed by atoms with Crippen molar-refractivity contribution in [2.45, 2.75) is 18.9 Å². The zero-order chi connectivity index (χ0) is 15.5. The van der Waals surface area contributed by atoms with E-state index in [1.807, 2.05) is 48.5 Å². The van der Waals surface area contributed by atoms with Gasteiger partial charge in [-0.1, -0.05) is 30.3 Å². The van der Waals surface area contributed by atoms with Crippen molar-refractivity contribution in [1.82, 2.24) is 0 Å². The van der Waals surface area contributed by atoms with Crippen LogP contribution in [-0.2, 0) is 11.2 Å². The lowest BCUT2D eigenvalue weighted by atomic mass is 10.1. The van der Waals surface area contributed by atoms with Gasteiger partial charge in [0, 0.05) is 24.7 Å². The molecule has 0 bridgehead atoms. The van der Waals surface area contributed by atoms with E-state index in [2.05, 4.69) is 0 Å². The monoisotopic (exact) mass is 297 g/mol. The molecule has 0 radical (unpaired) electrons. The summed E-state index contributed by atoms with van der Waals surface area (Å²) in [4.78, 5) is 14.1. The average Bonchev–Trinajstić information content (AvgIpc) is 2.97. The van der Waals surface area contributed by atoms with E-state index in [9.17, 15) is 4.79 Å². The van der Waals surface area contributed by atoms with Gasteiger partial charge in [0.2, 0.25) is 5.91 Å². The van der Waals surface area contributed by atoms with Gasteiger partial charge in [-0.3, -0.25) is 4.79 Å². The minimum absolute atomic E-state index is 0.0444. The Morgan fingerprint density at radius 3 is 2.73 bits per heavy atom. The van der Waals surface area contributed by atoms with Crippen LogP contribution < -0.4 is 14.4 Å². The molecule has 1 heterocycles. The number of ether oxygens (including phenoxy) is 2. The summed E-state index contributed by atoms with van der Waals surface area (Å²) < 4.78 is 11.2. The molecule has 4 nitrogen and oxygen atoms in total. The molecular formula is C18H19NO3. The number of carbonyl (C=O) groups is 1. The van der Waals surface area contributed by atoms with E-state index < -0.39 is 0 Å². The average molecular weight is 297 g/mol. The molecule has 2 aromatic rings. The SMILES string of the molecule is COc1cccc2c1O[C@@H](CC(=O)N(C)c1ccccc1)C2.